The van der Waals surface area contributed by atoms with Gasteiger partial charge >= 0.3 is 0 Å². The Kier molecular flexibility index (Phi) is 2.33. The van der Waals surface area contributed by atoms with Gasteiger partial charge in [0, 0.05) is 17.3 Å². The van der Waals surface area contributed by atoms with E-state index in [9.17, 15) is 0 Å². The fourth-order valence-electron chi connectivity index (χ4n) is 1.40. The summed E-state index contributed by atoms with van der Waals surface area (Å²) >= 11 is 1.70. The molecule has 2 rings (SSSR count). The van der Waals surface area contributed by atoms with E-state index in [1.54, 1.807) is 11.3 Å². The van der Waals surface area contributed by atoms with Crippen molar-refractivity contribution in [1.82, 2.24) is 9.38 Å². The zero-order chi connectivity index (χ0) is 9.26. The molecule has 0 spiro atoms. The first-order valence-electron chi connectivity index (χ1n) is 4.43. The number of thiazole rings is 1. The van der Waals surface area contributed by atoms with Gasteiger partial charge in [0.1, 0.15) is 0 Å². The van der Waals surface area contributed by atoms with Crippen molar-refractivity contribution in [2.75, 3.05) is 6.54 Å². The maximum Gasteiger partial charge on any atom is 0.194 e. The van der Waals surface area contributed by atoms with Crippen LogP contribution < -0.4 is 5.73 Å². The molecule has 0 atom stereocenters. The van der Waals surface area contributed by atoms with Crippen LogP contribution >= 0.6 is 11.3 Å². The lowest BCUT2D eigenvalue weighted by molar-refractivity contribution is 0.804. The van der Waals surface area contributed by atoms with Gasteiger partial charge in [-0.15, -0.1) is 11.3 Å². The van der Waals surface area contributed by atoms with Gasteiger partial charge in [-0.1, -0.05) is 0 Å². The number of nitrogens with zero attached hydrogens (tertiary/aromatic N) is 2. The minimum Gasteiger partial charge on any atom is -0.330 e. The number of imidazole rings is 1. The molecule has 0 saturated carbocycles. The second-order valence-electron chi connectivity index (χ2n) is 3.15. The monoisotopic (exact) mass is 195 g/mol. The lowest BCUT2D eigenvalue weighted by atomic mass is 10.2. The van der Waals surface area contributed by atoms with E-state index >= 15 is 0 Å². The molecule has 13 heavy (non-hydrogen) atoms. The molecule has 70 valence electrons. The van der Waals surface area contributed by atoms with Crippen molar-refractivity contribution in [2.45, 2.75) is 19.8 Å². The maximum absolute atomic E-state index is 5.47. The van der Waals surface area contributed by atoms with Crippen LogP contribution in [-0.2, 0) is 6.42 Å². The molecular formula is C9H13N3S. The molecule has 0 bridgehead atoms. The topological polar surface area (TPSA) is 43.3 Å². The normalized spacial score (nSPS) is 11.2. The van der Waals surface area contributed by atoms with Gasteiger partial charge in [0.15, 0.2) is 4.96 Å². The predicted molar refractivity (Wildman–Crippen MR) is 55.2 cm³/mol. The molecule has 2 aromatic rings. The molecule has 0 radical (unpaired) electrons. The molecule has 0 saturated heterocycles. The third-order valence-electron chi connectivity index (χ3n) is 2.04. The summed E-state index contributed by atoms with van der Waals surface area (Å²) in [6.45, 7) is 2.78. The quantitative estimate of drug-likeness (QED) is 0.808. The van der Waals surface area contributed by atoms with Gasteiger partial charge in [0.05, 0.1) is 5.69 Å². The molecule has 0 unspecified atom stereocenters. The lowest BCUT2D eigenvalue weighted by Gasteiger charge is -1.95. The number of aromatic nitrogens is 2. The largest absolute Gasteiger partial charge is 0.330 e. The number of nitrogens with two attached hydrogens (primary N) is 1. The number of hydrogen-bond donors (Lipinski definition) is 1. The van der Waals surface area contributed by atoms with Crippen molar-refractivity contribution in [1.29, 1.82) is 0 Å². The highest BCUT2D eigenvalue weighted by atomic mass is 32.1. The van der Waals surface area contributed by atoms with Crippen molar-refractivity contribution in [2.24, 2.45) is 5.73 Å². The van der Waals surface area contributed by atoms with Crippen LogP contribution in [0.1, 0.15) is 17.8 Å². The highest BCUT2D eigenvalue weighted by Crippen LogP contribution is 2.17. The Morgan fingerprint density at radius 2 is 2.46 bits per heavy atom. The van der Waals surface area contributed by atoms with E-state index in [0.717, 1.165) is 30.0 Å². The summed E-state index contributed by atoms with van der Waals surface area (Å²) in [5.74, 6) is 0. The Labute approximate surface area is 81.2 Å². The van der Waals surface area contributed by atoms with E-state index in [2.05, 4.69) is 21.0 Å². The Hall–Kier alpha value is -0.870. The second-order valence-corrected chi connectivity index (χ2v) is 3.99. The van der Waals surface area contributed by atoms with Crippen LogP contribution in [0.25, 0.3) is 4.96 Å². The average Bonchev–Trinajstić information content (AvgIpc) is 2.61. The summed E-state index contributed by atoms with van der Waals surface area (Å²) in [7, 11) is 0. The van der Waals surface area contributed by atoms with Gasteiger partial charge < -0.3 is 5.73 Å². The van der Waals surface area contributed by atoms with Gasteiger partial charge in [-0.25, -0.2) is 4.98 Å². The van der Waals surface area contributed by atoms with Crippen molar-refractivity contribution in [3.63, 3.8) is 0 Å². The van der Waals surface area contributed by atoms with E-state index in [1.807, 2.05) is 6.92 Å². The molecular weight excluding hydrogens is 182 g/mol. The molecule has 4 heteroatoms. The number of rotatable bonds is 3. The Morgan fingerprint density at radius 3 is 3.23 bits per heavy atom. The number of fused-ring (bicyclic) bond motifs is 1. The number of hydrogen-bond acceptors (Lipinski definition) is 3. The van der Waals surface area contributed by atoms with Gasteiger partial charge in [-0.05, 0) is 26.3 Å². The standard InChI is InChI=1S/C9H13N3S/c1-7-5-12-8(3-2-4-10)6-13-9(12)11-7/h5-6H,2-4,10H2,1H3. The van der Waals surface area contributed by atoms with Gasteiger partial charge in [0.25, 0.3) is 0 Å². The van der Waals surface area contributed by atoms with Gasteiger partial charge in [-0.2, -0.15) is 0 Å². The van der Waals surface area contributed by atoms with Crippen LogP contribution in [0.2, 0.25) is 0 Å². The van der Waals surface area contributed by atoms with Crippen molar-refractivity contribution >= 4 is 16.3 Å². The minimum atomic E-state index is 0.755. The minimum absolute atomic E-state index is 0.755. The molecule has 2 N–H and O–H groups in total. The lowest BCUT2D eigenvalue weighted by Crippen LogP contribution is -2.01. The highest BCUT2D eigenvalue weighted by molar-refractivity contribution is 7.15. The van der Waals surface area contributed by atoms with Crippen molar-refractivity contribution in [3.05, 3.63) is 23.0 Å². The van der Waals surface area contributed by atoms with Gasteiger partial charge in [0.2, 0.25) is 0 Å². The van der Waals surface area contributed by atoms with Crippen LogP contribution in [0.4, 0.5) is 0 Å². The first-order valence-corrected chi connectivity index (χ1v) is 5.31. The van der Waals surface area contributed by atoms with Crippen LogP contribution in [0.5, 0.6) is 0 Å². The van der Waals surface area contributed by atoms with E-state index in [4.69, 9.17) is 5.73 Å². The van der Waals surface area contributed by atoms with Crippen LogP contribution in [0.3, 0.4) is 0 Å². The molecule has 3 nitrogen and oxygen atoms in total. The fraction of sp³-hybridized carbons (Fsp3) is 0.444. The van der Waals surface area contributed by atoms with E-state index in [1.165, 1.54) is 5.69 Å². The first kappa shape index (κ1) is 8.72. The zero-order valence-corrected chi connectivity index (χ0v) is 8.47. The smallest absolute Gasteiger partial charge is 0.194 e. The molecule has 2 heterocycles. The Balaban J connectivity index is 2.33. The highest BCUT2D eigenvalue weighted by Gasteiger charge is 2.04. The molecule has 2 aromatic heterocycles. The predicted octanol–water partition coefficient (Wildman–Crippen LogP) is 1.60. The maximum atomic E-state index is 5.47. The Morgan fingerprint density at radius 1 is 1.62 bits per heavy atom. The summed E-state index contributed by atoms with van der Waals surface area (Å²) in [6, 6.07) is 0. The molecule has 0 aliphatic heterocycles. The third kappa shape index (κ3) is 1.59. The van der Waals surface area contributed by atoms with Crippen LogP contribution in [0.15, 0.2) is 11.6 Å². The summed E-state index contributed by atoms with van der Waals surface area (Å²) in [6.07, 6.45) is 4.17. The van der Waals surface area contributed by atoms with Gasteiger partial charge in [-0.3, -0.25) is 4.40 Å². The molecule has 0 fully saturated rings. The van der Waals surface area contributed by atoms with E-state index < -0.39 is 0 Å². The van der Waals surface area contributed by atoms with Crippen LogP contribution in [0, 0.1) is 6.92 Å². The molecule has 0 amide bonds. The molecule has 0 aliphatic rings. The number of aryl methyl sites for hydroxylation is 2. The third-order valence-corrected chi connectivity index (χ3v) is 2.93. The van der Waals surface area contributed by atoms with E-state index in [-0.39, 0.29) is 0 Å². The SMILES string of the molecule is Cc1cn2c(CCCN)csc2n1. The molecule has 0 aliphatic carbocycles. The van der Waals surface area contributed by atoms with Crippen molar-refractivity contribution < 1.29 is 0 Å². The summed E-state index contributed by atoms with van der Waals surface area (Å²) < 4.78 is 2.16. The fourth-order valence-corrected chi connectivity index (χ4v) is 2.36. The average molecular weight is 195 g/mol. The molecule has 0 aromatic carbocycles. The summed E-state index contributed by atoms with van der Waals surface area (Å²) in [5.41, 5.74) is 7.88. The van der Waals surface area contributed by atoms with Crippen LogP contribution in [-0.4, -0.2) is 15.9 Å². The zero-order valence-electron chi connectivity index (χ0n) is 7.66. The van der Waals surface area contributed by atoms with Crippen molar-refractivity contribution in [3.8, 4) is 0 Å². The summed E-state index contributed by atoms with van der Waals surface area (Å²) in [4.78, 5) is 5.48. The first-order chi connectivity index (χ1) is 6.31. The van der Waals surface area contributed by atoms with E-state index in [0.29, 0.717) is 0 Å². The second kappa shape index (κ2) is 3.47. The summed E-state index contributed by atoms with van der Waals surface area (Å²) in [5, 5.41) is 2.16. The Bertz CT molecular complexity index is 402.